The first kappa shape index (κ1) is 5.77. The lowest BCUT2D eigenvalue weighted by atomic mass is 10.1. The van der Waals surface area contributed by atoms with Crippen molar-refractivity contribution in [2.24, 2.45) is 0 Å². The predicted octanol–water partition coefficient (Wildman–Crippen LogP) is -0.246. The van der Waals surface area contributed by atoms with Crippen LogP contribution in [0, 0.1) is 0 Å². The quantitative estimate of drug-likeness (QED) is 0.485. The molecule has 1 amide bonds. The molecule has 2 rings (SSSR count). The minimum absolute atomic E-state index is 0.131. The molecule has 3 nitrogen and oxygen atoms in total. The monoisotopic (exact) mass is 138 g/mol. The Morgan fingerprint density at radius 3 is 2.70 bits per heavy atom. The van der Waals surface area contributed by atoms with Crippen molar-refractivity contribution >= 4 is 5.91 Å². The molecule has 0 bridgehead atoms. The molecule has 0 saturated heterocycles. The van der Waals surface area contributed by atoms with E-state index in [-0.39, 0.29) is 5.91 Å². The molecule has 0 saturated carbocycles. The average molecular weight is 138 g/mol. The minimum atomic E-state index is 0.131. The van der Waals surface area contributed by atoms with Crippen LogP contribution in [0.5, 0.6) is 0 Å². The van der Waals surface area contributed by atoms with Crippen molar-refractivity contribution in [1.29, 1.82) is 0 Å². The second kappa shape index (κ2) is 2.01. The molecule has 0 aromatic carbocycles. The molecule has 0 radical (unpaired) electrons. The molecule has 0 atom stereocenters. The van der Waals surface area contributed by atoms with Gasteiger partial charge in [-0.15, -0.1) is 0 Å². The molecule has 0 fully saturated rings. The first-order chi connectivity index (χ1) is 4.88. The number of hydrogen-bond acceptors (Lipinski definition) is 2. The first-order valence-electron chi connectivity index (χ1n) is 3.62. The molecule has 0 spiro atoms. The predicted molar refractivity (Wildman–Crippen MR) is 37.3 cm³/mol. The zero-order chi connectivity index (χ0) is 6.97. The van der Waals surface area contributed by atoms with Gasteiger partial charge in [0.2, 0.25) is 5.91 Å². The summed E-state index contributed by atoms with van der Waals surface area (Å²) in [6.45, 7) is 1.74. The zero-order valence-electron chi connectivity index (χ0n) is 5.74. The molecule has 10 heavy (non-hydrogen) atoms. The fourth-order valence-corrected chi connectivity index (χ4v) is 1.49. The topological polar surface area (TPSA) is 41.1 Å². The molecule has 0 aromatic heterocycles. The van der Waals surface area contributed by atoms with Gasteiger partial charge >= 0.3 is 0 Å². The molecule has 0 unspecified atom stereocenters. The van der Waals surface area contributed by atoms with Crippen LogP contribution in [-0.4, -0.2) is 19.0 Å². The van der Waals surface area contributed by atoms with Gasteiger partial charge in [0.05, 0.1) is 0 Å². The summed E-state index contributed by atoms with van der Waals surface area (Å²) in [6.07, 6.45) is 1.89. The Morgan fingerprint density at radius 1 is 1.10 bits per heavy atom. The van der Waals surface area contributed by atoms with Crippen molar-refractivity contribution in [3.63, 3.8) is 0 Å². The van der Waals surface area contributed by atoms with Crippen LogP contribution >= 0.6 is 0 Å². The third kappa shape index (κ3) is 0.701. The van der Waals surface area contributed by atoms with Crippen LogP contribution in [0.4, 0.5) is 0 Å². The van der Waals surface area contributed by atoms with E-state index in [1.807, 2.05) is 0 Å². The minimum Gasteiger partial charge on any atom is -0.388 e. The third-order valence-corrected chi connectivity index (χ3v) is 2.01. The number of carbonyl (C=O) groups excluding carboxylic acids is 1. The Balaban J connectivity index is 2.31. The van der Waals surface area contributed by atoms with Gasteiger partial charge in [-0.25, -0.2) is 0 Å². The van der Waals surface area contributed by atoms with Crippen molar-refractivity contribution in [2.45, 2.75) is 12.8 Å². The maximum Gasteiger partial charge on any atom is 0.249 e. The van der Waals surface area contributed by atoms with Gasteiger partial charge < -0.3 is 10.6 Å². The van der Waals surface area contributed by atoms with E-state index in [1.165, 1.54) is 5.70 Å². The molecule has 54 valence electrons. The summed E-state index contributed by atoms with van der Waals surface area (Å²) in [6, 6.07) is 0. The van der Waals surface area contributed by atoms with Gasteiger partial charge in [-0.1, -0.05) is 0 Å². The molecule has 3 heteroatoms. The largest absolute Gasteiger partial charge is 0.388 e. The molecule has 2 aliphatic heterocycles. The van der Waals surface area contributed by atoms with Gasteiger partial charge in [-0.3, -0.25) is 4.79 Å². The van der Waals surface area contributed by atoms with Crippen LogP contribution in [0.2, 0.25) is 0 Å². The lowest BCUT2D eigenvalue weighted by Crippen LogP contribution is -2.31. The van der Waals surface area contributed by atoms with Gasteiger partial charge in [0.15, 0.2) is 0 Å². The molecule has 2 aliphatic rings. The highest BCUT2D eigenvalue weighted by molar-refractivity contribution is 5.95. The summed E-state index contributed by atoms with van der Waals surface area (Å²) in [4.78, 5) is 11.1. The standard InChI is InChI=1S/C7H10N2O/c10-7-5-1-3-8-6(5)2-4-9-7/h8H,1-4H2,(H,9,10). The SMILES string of the molecule is O=C1NCCC2=C1CCN2. The van der Waals surface area contributed by atoms with Gasteiger partial charge in [-0.05, 0) is 6.42 Å². The molecule has 0 aliphatic carbocycles. The highest BCUT2D eigenvalue weighted by Crippen LogP contribution is 2.18. The van der Waals surface area contributed by atoms with Gasteiger partial charge in [0.1, 0.15) is 0 Å². The van der Waals surface area contributed by atoms with Crippen LogP contribution in [-0.2, 0) is 4.79 Å². The van der Waals surface area contributed by atoms with Crippen molar-refractivity contribution < 1.29 is 4.79 Å². The Kier molecular flexibility index (Phi) is 1.16. The zero-order valence-corrected chi connectivity index (χ0v) is 5.74. The molecular weight excluding hydrogens is 128 g/mol. The Labute approximate surface area is 59.5 Å². The maximum atomic E-state index is 11.1. The number of carbonyl (C=O) groups is 1. The summed E-state index contributed by atoms with van der Waals surface area (Å²) in [5.74, 6) is 0.131. The Hall–Kier alpha value is -0.990. The molecule has 0 aromatic rings. The Bertz CT molecular complexity index is 208. The molecule has 2 N–H and O–H groups in total. The van der Waals surface area contributed by atoms with Crippen molar-refractivity contribution in [1.82, 2.24) is 10.6 Å². The van der Waals surface area contributed by atoms with Gasteiger partial charge in [0, 0.05) is 30.8 Å². The van der Waals surface area contributed by atoms with E-state index in [2.05, 4.69) is 10.6 Å². The van der Waals surface area contributed by atoms with Crippen molar-refractivity contribution in [3.05, 3.63) is 11.3 Å². The van der Waals surface area contributed by atoms with E-state index in [0.29, 0.717) is 0 Å². The third-order valence-electron chi connectivity index (χ3n) is 2.01. The van der Waals surface area contributed by atoms with Crippen LogP contribution in [0.15, 0.2) is 11.3 Å². The summed E-state index contributed by atoms with van der Waals surface area (Å²) in [5, 5.41) is 6.02. The summed E-state index contributed by atoms with van der Waals surface area (Å²) < 4.78 is 0. The lowest BCUT2D eigenvalue weighted by Gasteiger charge is -2.13. The summed E-state index contributed by atoms with van der Waals surface area (Å²) >= 11 is 0. The average Bonchev–Trinajstić information content (AvgIpc) is 2.36. The second-order valence-electron chi connectivity index (χ2n) is 2.64. The van der Waals surface area contributed by atoms with Crippen LogP contribution in [0.25, 0.3) is 0 Å². The van der Waals surface area contributed by atoms with Gasteiger partial charge in [0.25, 0.3) is 0 Å². The van der Waals surface area contributed by atoms with E-state index in [0.717, 1.165) is 31.5 Å². The van der Waals surface area contributed by atoms with E-state index in [9.17, 15) is 4.79 Å². The lowest BCUT2D eigenvalue weighted by molar-refractivity contribution is -0.117. The molecular formula is C7H10N2O. The normalized spacial score (nSPS) is 23.8. The first-order valence-corrected chi connectivity index (χ1v) is 3.62. The van der Waals surface area contributed by atoms with Crippen molar-refractivity contribution in [2.75, 3.05) is 13.1 Å². The fourth-order valence-electron chi connectivity index (χ4n) is 1.49. The fraction of sp³-hybridized carbons (Fsp3) is 0.571. The Morgan fingerprint density at radius 2 is 1.90 bits per heavy atom. The van der Waals surface area contributed by atoms with E-state index >= 15 is 0 Å². The maximum absolute atomic E-state index is 11.1. The van der Waals surface area contributed by atoms with Crippen LogP contribution in [0.3, 0.4) is 0 Å². The van der Waals surface area contributed by atoms with Crippen molar-refractivity contribution in [3.8, 4) is 0 Å². The highest BCUT2D eigenvalue weighted by Gasteiger charge is 2.23. The number of rotatable bonds is 0. The highest BCUT2D eigenvalue weighted by atomic mass is 16.1. The summed E-state index contributed by atoms with van der Waals surface area (Å²) in [7, 11) is 0. The van der Waals surface area contributed by atoms with Crippen LogP contribution < -0.4 is 10.6 Å². The number of nitrogens with one attached hydrogen (secondary N) is 2. The van der Waals surface area contributed by atoms with E-state index in [1.54, 1.807) is 0 Å². The number of amides is 1. The van der Waals surface area contributed by atoms with Gasteiger partial charge in [-0.2, -0.15) is 0 Å². The smallest absolute Gasteiger partial charge is 0.249 e. The van der Waals surface area contributed by atoms with E-state index < -0.39 is 0 Å². The van der Waals surface area contributed by atoms with Crippen LogP contribution in [0.1, 0.15) is 12.8 Å². The second-order valence-corrected chi connectivity index (χ2v) is 2.64. The molecule has 2 heterocycles. The van der Waals surface area contributed by atoms with E-state index in [4.69, 9.17) is 0 Å². The number of hydrogen-bond donors (Lipinski definition) is 2. The summed E-state index contributed by atoms with van der Waals surface area (Å²) in [5.41, 5.74) is 2.15.